The maximum Gasteiger partial charge on any atom is 0.338 e. The van der Waals surface area contributed by atoms with Crippen molar-refractivity contribution < 1.29 is 19.1 Å². The van der Waals surface area contributed by atoms with E-state index in [2.05, 4.69) is 0 Å². The molecule has 0 radical (unpaired) electrons. The summed E-state index contributed by atoms with van der Waals surface area (Å²) in [5, 5.41) is 0. The van der Waals surface area contributed by atoms with Gasteiger partial charge in [0, 0.05) is 6.42 Å². The normalized spacial score (nSPS) is 15.5. The first-order valence-electron chi connectivity index (χ1n) is 7.24. The third-order valence-corrected chi connectivity index (χ3v) is 3.54. The largest absolute Gasteiger partial charge is 0.462 e. The minimum absolute atomic E-state index is 0.229. The second-order valence-electron chi connectivity index (χ2n) is 5.20. The lowest BCUT2D eigenvalue weighted by Gasteiger charge is -2.09. The highest BCUT2D eigenvalue weighted by molar-refractivity contribution is 5.90. The Hall–Kier alpha value is -2.62. The van der Waals surface area contributed by atoms with E-state index in [1.807, 2.05) is 24.3 Å². The van der Waals surface area contributed by atoms with E-state index >= 15 is 0 Å². The van der Waals surface area contributed by atoms with Crippen molar-refractivity contribution in [1.29, 1.82) is 0 Å². The first-order chi connectivity index (χ1) is 10.7. The fourth-order valence-electron chi connectivity index (χ4n) is 2.31. The van der Waals surface area contributed by atoms with Gasteiger partial charge in [-0.1, -0.05) is 24.3 Å². The summed E-state index contributed by atoms with van der Waals surface area (Å²) in [7, 11) is 0. The molecule has 3 aliphatic heterocycles. The minimum atomic E-state index is -0.353. The van der Waals surface area contributed by atoms with Crippen LogP contribution in [0.15, 0.2) is 48.5 Å². The molecule has 112 valence electrons. The van der Waals surface area contributed by atoms with Gasteiger partial charge in [-0.15, -0.1) is 0 Å². The number of rotatable bonds is 0. The fourth-order valence-corrected chi connectivity index (χ4v) is 2.31. The molecule has 4 heteroatoms. The van der Waals surface area contributed by atoms with Gasteiger partial charge in [0.05, 0.1) is 24.3 Å². The van der Waals surface area contributed by atoms with Gasteiger partial charge in [-0.2, -0.15) is 0 Å². The smallest absolute Gasteiger partial charge is 0.338 e. The van der Waals surface area contributed by atoms with Gasteiger partial charge in [-0.05, 0) is 41.8 Å². The zero-order valence-electron chi connectivity index (χ0n) is 12.1. The molecule has 0 saturated carbocycles. The van der Waals surface area contributed by atoms with Crippen molar-refractivity contribution >= 4 is 11.9 Å². The Morgan fingerprint density at radius 3 is 1.45 bits per heavy atom. The van der Waals surface area contributed by atoms with Crippen LogP contribution >= 0.6 is 0 Å². The van der Waals surface area contributed by atoms with Gasteiger partial charge in [0.2, 0.25) is 0 Å². The van der Waals surface area contributed by atoms with Crippen LogP contribution in [0.5, 0.6) is 0 Å². The highest BCUT2D eigenvalue weighted by Crippen LogP contribution is 2.14. The number of fused-ring (bicyclic) bond motifs is 2. The van der Waals surface area contributed by atoms with E-state index in [-0.39, 0.29) is 25.2 Å². The van der Waals surface area contributed by atoms with E-state index in [0.29, 0.717) is 17.5 Å². The molecule has 2 aromatic rings. The molecular weight excluding hydrogens is 280 g/mol. The summed E-state index contributed by atoms with van der Waals surface area (Å²) in [6.07, 6.45) is 1.22. The van der Waals surface area contributed by atoms with Crippen molar-refractivity contribution in [2.24, 2.45) is 0 Å². The topological polar surface area (TPSA) is 52.6 Å². The number of benzene rings is 2. The van der Waals surface area contributed by atoms with Crippen LogP contribution < -0.4 is 0 Å². The van der Waals surface area contributed by atoms with Crippen molar-refractivity contribution in [3.05, 3.63) is 70.8 Å². The lowest BCUT2D eigenvalue weighted by molar-refractivity contribution is 0.0396. The predicted octanol–water partition coefficient (Wildman–Crippen LogP) is 2.99. The Morgan fingerprint density at radius 2 is 1.05 bits per heavy atom. The van der Waals surface area contributed by atoms with Crippen LogP contribution in [0.3, 0.4) is 0 Å². The zero-order chi connectivity index (χ0) is 15.4. The first kappa shape index (κ1) is 14.3. The predicted molar refractivity (Wildman–Crippen MR) is 80.9 cm³/mol. The number of hydrogen-bond donors (Lipinski definition) is 0. The molecule has 5 rings (SSSR count). The SMILES string of the molecule is O=C1OCCCOC(=O)c2ccc(cc2)Cc2ccc1cc2. The molecule has 0 fully saturated rings. The standard InChI is InChI=1S/C18H16O4/c19-17-15-6-2-13(3-7-15)12-14-4-8-16(9-5-14)18(20)22-11-1-10-21-17/h2-9H,1,10-12H2. The molecule has 0 saturated heterocycles. The summed E-state index contributed by atoms with van der Waals surface area (Å²) in [6, 6.07) is 14.8. The summed E-state index contributed by atoms with van der Waals surface area (Å²) in [4.78, 5) is 23.7. The highest BCUT2D eigenvalue weighted by atomic mass is 16.5. The Morgan fingerprint density at radius 1 is 0.636 bits per heavy atom. The summed E-state index contributed by atoms with van der Waals surface area (Å²) in [5.41, 5.74) is 3.25. The number of carbonyl (C=O) groups excluding carboxylic acids is 2. The van der Waals surface area contributed by atoms with Gasteiger partial charge in [-0.3, -0.25) is 0 Å². The quantitative estimate of drug-likeness (QED) is 0.701. The number of ether oxygens (including phenoxy) is 2. The van der Waals surface area contributed by atoms with E-state index in [4.69, 9.17) is 9.47 Å². The lowest BCUT2D eigenvalue weighted by atomic mass is 10.0. The van der Waals surface area contributed by atoms with E-state index in [1.165, 1.54) is 0 Å². The van der Waals surface area contributed by atoms with Crippen LogP contribution in [0.4, 0.5) is 0 Å². The van der Waals surface area contributed by atoms with E-state index in [0.717, 1.165) is 17.5 Å². The van der Waals surface area contributed by atoms with E-state index in [1.54, 1.807) is 24.3 Å². The number of carbonyl (C=O) groups is 2. The van der Waals surface area contributed by atoms with Crippen LogP contribution in [0.2, 0.25) is 0 Å². The third kappa shape index (κ3) is 3.34. The maximum atomic E-state index is 11.8. The van der Waals surface area contributed by atoms with Crippen molar-refractivity contribution in [1.82, 2.24) is 0 Å². The van der Waals surface area contributed by atoms with Gasteiger partial charge >= 0.3 is 11.9 Å². The van der Waals surface area contributed by atoms with Crippen LogP contribution in [0.25, 0.3) is 0 Å². The maximum absolute atomic E-state index is 11.8. The molecule has 3 heterocycles. The van der Waals surface area contributed by atoms with Gasteiger partial charge in [0.25, 0.3) is 0 Å². The fraction of sp³-hybridized carbons (Fsp3) is 0.222. The second-order valence-corrected chi connectivity index (χ2v) is 5.20. The number of esters is 2. The van der Waals surface area contributed by atoms with E-state index in [9.17, 15) is 9.59 Å². The first-order valence-corrected chi connectivity index (χ1v) is 7.24. The zero-order valence-corrected chi connectivity index (χ0v) is 12.1. The molecular formula is C18H16O4. The minimum Gasteiger partial charge on any atom is -0.462 e. The van der Waals surface area contributed by atoms with Crippen molar-refractivity contribution in [2.75, 3.05) is 13.2 Å². The lowest BCUT2D eigenvalue weighted by Crippen LogP contribution is -2.11. The van der Waals surface area contributed by atoms with Crippen LogP contribution in [0.1, 0.15) is 38.3 Å². The molecule has 0 amide bonds. The molecule has 0 atom stereocenters. The summed E-state index contributed by atoms with van der Waals surface area (Å²) >= 11 is 0. The summed E-state index contributed by atoms with van der Waals surface area (Å²) < 4.78 is 10.3. The Bertz CT molecular complexity index is 612. The van der Waals surface area contributed by atoms with Crippen LogP contribution in [-0.4, -0.2) is 25.2 Å². The molecule has 0 spiro atoms. The second kappa shape index (κ2) is 6.43. The molecule has 4 nitrogen and oxygen atoms in total. The van der Waals surface area contributed by atoms with Crippen LogP contribution in [0, 0.1) is 0 Å². The number of hydrogen-bond acceptors (Lipinski definition) is 4. The third-order valence-electron chi connectivity index (χ3n) is 3.54. The Kier molecular flexibility index (Phi) is 4.19. The van der Waals surface area contributed by atoms with Gasteiger partial charge < -0.3 is 9.47 Å². The van der Waals surface area contributed by atoms with Gasteiger partial charge in [0.1, 0.15) is 0 Å². The van der Waals surface area contributed by atoms with Crippen molar-refractivity contribution in [2.45, 2.75) is 12.8 Å². The molecule has 3 aliphatic rings. The Labute approximate surface area is 128 Å². The van der Waals surface area contributed by atoms with Gasteiger partial charge in [0.15, 0.2) is 0 Å². The molecule has 0 aromatic heterocycles. The van der Waals surface area contributed by atoms with Crippen molar-refractivity contribution in [3.8, 4) is 0 Å². The molecule has 22 heavy (non-hydrogen) atoms. The summed E-state index contributed by atoms with van der Waals surface area (Å²) in [6.45, 7) is 0.458. The van der Waals surface area contributed by atoms with Gasteiger partial charge in [-0.25, -0.2) is 9.59 Å². The van der Waals surface area contributed by atoms with Crippen LogP contribution in [-0.2, 0) is 15.9 Å². The monoisotopic (exact) mass is 296 g/mol. The molecule has 0 unspecified atom stereocenters. The molecule has 2 aromatic carbocycles. The van der Waals surface area contributed by atoms with E-state index < -0.39 is 0 Å². The van der Waals surface area contributed by atoms with Crippen molar-refractivity contribution in [3.63, 3.8) is 0 Å². The Balaban J connectivity index is 1.87. The molecule has 0 aliphatic carbocycles. The highest BCUT2D eigenvalue weighted by Gasteiger charge is 2.10. The average Bonchev–Trinajstić information content (AvgIpc) is 2.54. The summed E-state index contributed by atoms with van der Waals surface area (Å²) in [5.74, 6) is -0.707. The molecule has 0 N–H and O–H groups in total. The molecule has 4 bridgehead atoms. The average molecular weight is 296 g/mol.